The first-order valence-electron chi connectivity index (χ1n) is 13.8. The Morgan fingerprint density at radius 2 is 1.35 bits per heavy atom. The average molecular weight is 522 g/mol. The maximum absolute atomic E-state index is 6.07. The maximum atomic E-state index is 6.07. The van der Waals surface area contributed by atoms with Gasteiger partial charge in [-0.3, -0.25) is 0 Å². The Hall–Kier alpha value is -4.82. The van der Waals surface area contributed by atoms with E-state index in [0.29, 0.717) is 0 Å². The molecule has 0 bridgehead atoms. The Kier molecular flexibility index (Phi) is 8.27. The molecule has 3 aromatic carbocycles. The molecule has 2 heteroatoms. The predicted molar refractivity (Wildman–Crippen MR) is 174 cm³/mol. The standard InChI is InChI=1S/C38H35NO/c1-5-9-10-15-32-26-39(34-21-18-29(19-22-34)28(8-4)13-6-2)27-33(32)24-30(14-7-3)31-20-23-38-36(25-31)35-16-11-12-17-37(35)40-38/h5-27H,1-4H3/b9-5-,13-6-,14-7-,15-10-,28-8+,30-24+. The van der Waals surface area contributed by atoms with E-state index in [1.54, 1.807) is 0 Å². The summed E-state index contributed by atoms with van der Waals surface area (Å²) in [6.07, 6.45) is 25.7. The van der Waals surface area contributed by atoms with Crippen molar-refractivity contribution in [1.82, 2.24) is 4.57 Å². The molecule has 40 heavy (non-hydrogen) atoms. The fourth-order valence-electron chi connectivity index (χ4n) is 5.01. The van der Waals surface area contributed by atoms with E-state index in [1.165, 1.54) is 11.1 Å². The molecule has 0 saturated heterocycles. The zero-order valence-electron chi connectivity index (χ0n) is 23.6. The number of benzene rings is 3. The summed E-state index contributed by atoms with van der Waals surface area (Å²) in [4.78, 5) is 0. The van der Waals surface area contributed by atoms with Gasteiger partial charge in [-0.1, -0.05) is 91.1 Å². The summed E-state index contributed by atoms with van der Waals surface area (Å²) >= 11 is 0. The highest BCUT2D eigenvalue weighted by atomic mass is 16.3. The smallest absolute Gasteiger partial charge is 0.135 e. The van der Waals surface area contributed by atoms with Crippen molar-refractivity contribution in [1.29, 1.82) is 0 Å². The first-order chi connectivity index (χ1) is 19.6. The van der Waals surface area contributed by atoms with Crippen molar-refractivity contribution >= 4 is 45.2 Å². The number of fused-ring (bicyclic) bond motifs is 3. The Labute approximate surface area is 237 Å². The van der Waals surface area contributed by atoms with Crippen molar-refractivity contribution in [3.63, 3.8) is 0 Å². The fraction of sp³-hybridized carbons (Fsp3) is 0.105. The number of hydrogen-bond donors (Lipinski definition) is 0. The maximum Gasteiger partial charge on any atom is 0.135 e. The van der Waals surface area contributed by atoms with Gasteiger partial charge in [0.1, 0.15) is 11.2 Å². The van der Waals surface area contributed by atoms with Gasteiger partial charge in [0.05, 0.1) is 0 Å². The van der Waals surface area contributed by atoms with E-state index in [9.17, 15) is 0 Å². The van der Waals surface area contributed by atoms with Gasteiger partial charge in [-0.15, -0.1) is 0 Å². The first kappa shape index (κ1) is 26.8. The summed E-state index contributed by atoms with van der Waals surface area (Å²) in [6, 6.07) is 23.4. The molecule has 0 aliphatic heterocycles. The lowest BCUT2D eigenvalue weighted by Gasteiger charge is -2.06. The highest BCUT2D eigenvalue weighted by molar-refractivity contribution is 6.06. The van der Waals surface area contributed by atoms with E-state index >= 15 is 0 Å². The summed E-state index contributed by atoms with van der Waals surface area (Å²) in [7, 11) is 0. The molecule has 0 N–H and O–H groups in total. The molecule has 0 saturated carbocycles. The van der Waals surface area contributed by atoms with Crippen LogP contribution in [0.1, 0.15) is 49.9 Å². The van der Waals surface area contributed by atoms with E-state index in [4.69, 9.17) is 4.42 Å². The molecule has 2 aromatic heterocycles. The van der Waals surface area contributed by atoms with E-state index in [-0.39, 0.29) is 0 Å². The third-order valence-electron chi connectivity index (χ3n) is 6.99. The molecule has 0 radical (unpaired) electrons. The summed E-state index contributed by atoms with van der Waals surface area (Å²) in [5.74, 6) is 0. The second-order valence-electron chi connectivity index (χ2n) is 9.66. The quantitative estimate of drug-likeness (QED) is 0.186. The Morgan fingerprint density at radius 3 is 2.10 bits per heavy atom. The lowest BCUT2D eigenvalue weighted by Crippen LogP contribution is -1.90. The van der Waals surface area contributed by atoms with Crippen LogP contribution in [-0.2, 0) is 0 Å². The lowest BCUT2D eigenvalue weighted by atomic mass is 9.99. The second-order valence-corrected chi connectivity index (χ2v) is 9.66. The topological polar surface area (TPSA) is 18.1 Å². The Balaban J connectivity index is 1.59. The van der Waals surface area contributed by atoms with Gasteiger partial charge in [-0.25, -0.2) is 0 Å². The molecule has 0 spiro atoms. The van der Waals surface area contributed by atoms with E-state index in [0.717, 1.165) is 49.9 Å². The normalized spacial score (nSPS) is 13.4. The van der Waals surface area contributed by atoms with Crippen LogP contribution in [0.25, 0.3) is 50.9 Å². The van der Waals surface area contributed by atoms with Crippen molar-refractivity contribution in [2.45, 2.75) is 27.7 Å². The second kappa shape index (κ2) is 12.4. The zero-order chi connectivity index (χ0) is 27.9. The van der Waals surface area contributed by atoms with Crippen molar-refractivity contribution < 1.29 is 4.42 Å². The minimum absolute atomic E-state index is 0.907. The number of nitrogens with zero attached hydrogens (tertiary/aromatic N) is 1. The highest BCUT2D eigenvalue weighted by Gasteiger charge is 2.10. The van der Waals surface area contributed by atoms with Crippen LogP contribution in [0.2, 0.25) is 0 Å². The summed E-state index contributed by atoms with van der Waals surface area (Å²) in [5, 5.41) is 2.27. The number of aromatic nitrogens is 1. The molecule has 0 aliphatic carbocycles. The van der Waals surface area contributed by atoms with Gasteiger partial charge in [-0.05, 0) is 91.9 Å². The molecule has 0 amide bonds. The van der Waals surface area contributed by atoms with Crippen LogP contribution < -0.4 is 0 Å². The van der Waals surface area contributed by atoms with Crippen LogP contribution in [0.5, 0.6) is 0 Å². The molecule has 0 aliphatic rings. The summed E-state index contributed by atoms with van der Waals surface area (Å²) < 4.78 is 8.28. The highest BCUT2D eigenvalue weighted by Crippen LogP contribution is 2.32. The molecule has 0 unspecified atom stereocenters. The molecule has 198 valence electrons. The molecule has 5 aromatic rings. The van der Waals surface area contributed by atoms with Crippen LogP contribution in [-0.4, -0.2) is 4.57 Å². The van der Waals surface area contributed by atoms with Gasteiger partial charge in [0.15, 0.2) is 0 Å². The van der Waals surface area contributed by atoms with Crippen LogP contribution in [0, 0.1) is 0 Å². The van der Waals surface area contributed by atoms with Crippen molar-refractivity contribution in [3.05, 3.63) is 150 Å². The van der Waals surface area contributed by atoms with Crippen molar-refractivity contribution in [3.8, 4) is 5.69 Å². The van der Waals surface area contributed by atoms with Crippen LogP contribution >= 0.6 is 0 Å². The number of para-hydroxylation sites is 1. The minimum atomic E-state index is 0.907. The van der Waals surface area contributed by atoms with Gasteiger partial charge >= 0.3 is 0 Å². The molecule has 2 nitrogen and oxygen atoms in total. The Morgan fingerprint density at radius 1 is 0.650 bits per heavy atom. The summed E-state index contributed by atoms with van der Waals surface area (Å²) in [6.45, 7) is 8.22. The zero-order valence-corrected chi connectivity index (χ0v) is 23.6. The fourth-order valence-corrected chi connectivity index (χ4v) is 5.01. The minimum Gasteiger partial charge on any atom is -0.456 e. The van der Waals surface area contributed by atoms with E-state index < -0.39 is 0 Å². The molecule has 5 rings (SSSR count). The summed E-state index contributed by atoms with van der Waals surface area (Å²) in [5.41, 5.74) is 9.98. The first-order valence-corrected chi connectivity index (χ1v) is 13.8. The van der Waals surface area contributed by atoms with Gasteiger partial charge < -0.3 is 8.98 Å². The average Bonchev–Trinajstić information content (AvgIpc) is 3.56. The van der Waals surface area contributed by atoms with Gasteiger partial charge in [-0.2, -0.15) is 0 Å². The van der Waals surface area contributed by atoms with Crippen LogP contribution in [0.3, 0.4) is 0 Å². The van der Waals surface area contributed by atoms with Crippen LogP contribution in [0.4, 0.5) is 0 Å². The van der Waals surface area contributed by atoms with Crippen LogP contribution in [0.15, 0.2) is 132 Å². The van der Waals surface area contributed by atoms with Crippen molar-refractivity contribution in [2.75, 3.05) is 0 Å². The number of allylic oxidation sites excluding steroid dienone is 10. The molecule has 2 heterocycles. The van der Waals surface area contributed by atoms with Gasteiger partial charge in [0, 0.05) is 34.4 Å². The SMILES string of the molecule is C/C=C\C=C/c1cn(-c2ccc(C(/C=C\C)=C/C)cc2)cc1/C=C(\C=C/C)c1ccc2oc3ccccc3c2c1. The number of hydrogen-bond acceptors (Lipinski definition) is 1. The van der Waals surface area contributed by atoms with E-state index in [2.05, 4.69) is 140 Å². The monoisotopic (exact) mass is 521 g/mol. The number of furan rings is 1. The Bertz CT molecular complexity index is 1810. The van der Waals surface area contributed by atoms with E-state index in [1.807, 2.05) is 32.1 Å². The molecular formula is C38H35NO. The van der Waals surface area contributed by atoms with Gasteiger partial charge in [0.25, 0.3) is 0 Å². The van der Waals surface area contributed by atoms with Gasteiger partial charge in [0.2, 0.25) is 0 Å². The lowest BCUT2D eigenvalue weighted by molar-refractivity contribution is 0.669. The third kappa shape index (κ3) is 5.62. The largest absolute Gasteiger partial charge is 0.456 e. The number of rotatable bonds is 8. The molecule has 0 fully saturated rings. The predicted octanol–water partition coefficient (Wildman–Crippen LogP) is 11.1. The van der Waals surface area contributed by atoms with Crippen molar-refractivity contribution in [2.24, 2.45) is 0 Å². The molecule has 0 atom stereocenters. The molecular weight excluding hydrogens is 486 g/mol. The third-order valence-corrected chi connectivity index (χ3v) is 6.99.